The minimum atomic E-state index is -0.320. The molecule has 1 fully saturated rings. The molecule has 1 saturated carbocycles. The number of carbonyl (C=O) groups is 1. The number of hydrogen-bond donors (Lipinski definition) is 2. The summed E-state index contributed by atoms with van der Waals surface area (Å²) in [7, 11) is 1.59. The molecule has 0 spiro atoms. The molecular weight excluding hydrogens is 320 g/mol. The predicted molar refractivity (Wildman–Crippen MR) is 94.3 cm³/mol. The highest BCUT2D eigenvalue weighted by Crippen LogP contribution is 2.33. The van der Waals surface area contributed by atoms with Gasteiger partial charge < -0.3 is 19.7 Å². The average molecular weight is 340 g/mol. The number of allylic oxidation sites excluding steroid dienone is 1. The summed E-state index contributed by atoms with van der Waals surface area (Å²) < 4.78 is 11.1. The summed E-state index contributed by atoms with van der Waals surface area (Å²) in [5.41, 5.74) is 1.10. The molecule has 0 bridgehead atoms. The summed E-state index contributed by atoms with van der Waals surface area (Å²) in [6.45, 7) is 0.676. The summed E-state index contributed by atoms with van der Waals surface area (Å²) in [6.07, 6.45) is 5.50. The SMILES string of the molecule is COc1ccc(/C=C/C(=O)c2ccc(O)c(O)c2)cc1OCC1CC1. The molecule has 0 amide bonds. The Kier molecular flexibility index (Phi) is 4.93. The van der Waals surface area contributed by atoms with Gasteiger partial charge in [-0.2, -0.15) is 0 Å². The van der Waals surface area contributed by atoms with Crippen LogP contribution in [0.15, 0.2) is 42.5 Å². The van der Waals surface area contributed by atoms with Crippen LogP contribution in [0, 0.1) is 5.92 Å². The highest BCUT2D eigenvalue weighted by molar-refractivity contribution is 6.07. The lowest BCUT2D eigenvalue weighted by atomic mass is 10.1. The maximum absolute atomic E-state index is 12.2. The number of methoxy groups -OCH3 is 1. The van der Waals surface area contributed by atoms with E-state index in [0.717, 1.165) is 5.56 Å². The molecule has 0 unspecified atom stereocenters. The minimum absolute atomic E-state index is 0.256. The second kappa shape index (κ2) is 7.30. The first-order valence-electron chi connectivity index (χ1n) is 8.12. The van der Waals surface area contributed by atoms with E-state index in [-0.39, 0.29) is 17.3 Å². The molecule has 5 heteroatoms. The predicted octanol–water partition coefficient (Wildman–Crippen LogP) is 3.79. The Balaban J connectivity index is 1.74. The number of ether oxygens (including phenoxy) is 2. The Labute approximate surface area is 146 Å². The van der Waals surface area contributed by atoms with Crippen LogP contribution in [0.4, 0.5) is 0 Å². The first-order chi connectivity index (χ1) is 12.1. The van der Waals surface area contributed by atoms with Crippen molar-refractivity contribution >= 4 is 11.9 Å². The van der Waals surface area contributed by atoms with E-state index in [1.54, 1.807) is 19.3 Å². The van der Waals surface area contributed by atoms with E-state index in [4.69, 9.17) is 9.47 Å². The van der Waals surface area contributed by atoms with E-state index < -0.39 is 0 Å². The topological polar surface area (TPSA) is 76.0 Å². The zero-order valence-electron chi connectivity index (χ0n) is 13.9. The summed E-state index contributed by atoms with van der Waals surface area (Å²) in [5, 5.41) is 18.8. The lowest BCUT2D eigenvalue weighted by Gasteiger charge is -2.11. The Bertz CT molecular complexity index is 806. The van der Waals surface area contributed by atoms with Gasteiger partial charge in [0.25, 0.3) is 0 Å². The van der Waals surface area contributed by atoms with Gasteiger partial charge in [-0.05, 0) is 60.7 Å². The first-order valence-corrected chi connectivity index (χ1v) is 8.12. The molecule has 2 aromatic carbocycles. The molecule has 2 aromatic rings. The molecule has 1 aliphatic carbocycles. The Morgan fingerprint density at radius 1 is 1.12 bits per heavy atom. The van der Waals surface area contributed by atoms with Gasteiger partial charge in [0.2, 0.25) is 0 Å². The minimum Gasteiger partial charge on any atom is -0.504 e. The van der Waals surface area contributed by atoms with Gasteiger partial charge in [0.15, 0.2) is 28.8 Å². The van der Waals surface area contributed by atoms with Crippen molar-refractivity contribution < 1.29 is 24.5 Å². The highest BCUT2D eigenvalue weighted by Gasteiger charge is 2.22. The third-order valence-electron chi connectivity index (χ3n) is 4.05. The fourth-order valence-corrected chi connectivity index (χ4v) is 2.35. The molecule has 0 heterocycles. The number of phenolic OH excluding ortho intramolecular Hbond substituents is 2. The maximum atomic E-state index is 12.2. The number of phenols is 2. The zero-order chi connectivity index (χ0) is 17.8. The van der Waals surface area contributed by atoms with Gasteiger partial charge in [-0.25, -0.2) is 0 Å². The molecule has 0 radical (unpaired) electrons. The average Bonchev–Trinajstić information content (AvgIpc) is 3.44. The lowest BCUT2D eigenvalue weighted by Crippen LogP contribution is -2.01. The van der Waals surface area contributed by atoms with Crippen molar-refractivity contribution in [2.24, 2.45) is 5.92 Å². The summed E-state index contributed by atoms with van der Waals surface area (Å²) in [5.74, 6) is 1.10. The first kappa shape index (κ1) is 16.9. The van der Waals surface area contributed by atoms with Crippen molar-refractivity contribution in [2.75, 3.05) is 13.7 Å². The van der Waals surface area contributed by atoms with E-state index >= 15 is 0 Å². The van der Waals surface area contributed by atoms with E-state index in [2.05, 4.69) is 0 Å². The molecule has 3 rings (SSSR count). The van der Waals surface area contributed by atoms with Crippen LogP contribution in [0.2, 0.25) is 0 Å². The van der Waals surface area contributed by atoms with Crippen LogP contribution in [0.5, 0.6) is 23.0 Å². The smallest absolute Gasteiger partial charge is 0.185 e. The maximum Gasteiger partial charge on any atom is 0.185 e. The number of rotatable bonds is 7. The third kappa shape index (κ3) is 4.32. The van der Waals surface area contributed by atoms with Gasteiger partial charge in [0.05, 0.1) is 13.7 Å². The number of aromatic hydroxyl groups is 2. The normalized spacial score (nSPS) is 13.8. The van der Waals surface area contributed by atoms with Crippen LogP contribution < -0.4 is 9.47 Å². The van der Waals surface area contributed by atoms with Gasteiger partial charge in [-0.1, -0.05) is 12.1 Å². The molecule has 0 aromatic heterocycles. The summed E-state index contributed by atoms with van der Waals surface area (Å²) >= 11 is 0. The second-order valence-electron chi connectivity index (χ2n) is 6.07. The van der Waals surface area contributed by atoms with E-state index in [1.807, 2.05) is 12.1 Å². The number of benzene rings is 2. The van der Waals surface area contributed by atoms with Gasteiger partial charge in [0.1, 0.15) is 0 Å². The van der Waals surface area contributed by atoms with Crippen molar-refractivity contribution in [3.63, 3.8) is 0 Å². The largest absolute Gasteiger partial charge is 0.504 e. The fraction of sp³-hybridized carbons (Fsp3) is 0.250. The molecule has 130 valence electrons. The quantitative estimate of drug-likeness (QED) is 0.456. The molecule has 0 atom stereocenters. The molecule has 25 heavy (non-hydrogen) atoms. The van der Waals surface area contributed by atoms with Crippen LogP contribution in [0.3, 0.4) is 0 Å². The molecular formula is C20H20O5. The van der Waals surface area contributed by atoms with Gasteiger partial charge in [-0.15, -0.1) is 0 Å². The van der Waals surface area contributed by atoms with Crippen LogP contribution in [0.25, 0.3) is 6.08 Å². The second-order valence-corrected chi connectivity index (χ2v) is 6.07. The number of hydrogen-bond acceptors (Lipinski definition) is 5. The monoisotopic (exact) mass is 340 g/mol. The Morgan fingerprint density at radius 2 is 1.92 bits per heavy atom. The van der Waals surface area contributed by atoms with Crippen molar-refractivity contribution in [1.29, 1.82) is 0 Å². The van der Waals surface area contributed by atoms with Gasteiger partial charge in [-0.3, -0.25) is 4.79 Å². The van der Waals surface area contributed by atoms with Crippen molar-refractivity contribution in [3.8, 4) is 23.0 Å². The van der Waals surface area contributed by atoms with E-state index in [0.29, 0.717) is 29.6 Å². The van der Waals surface area contributed by atoms with Crippen molar-refractivity contribution in [3.05, 3.63) is 53.6 Å². The van der Waals surface area contributed by atoms with Gasteiger partial charge >= 0.3 is 0 Å². The molecule has 2 N–H and O–H groups in total. The Hall–Kier alpha value is -2.95. The Morgan fingerprint density at radius 3 is 2.60 bits per heavy atom. The number of ketones is 1. The molecule has 0 aliphatic heterocycles. The molecule has 5 nitrogen and oxygen atoms in total. The van der Waals surface area contributed by atoms with E-state index in [1.165, 1.54) is 37.1 Å². The zero-order valence-corrected chi connectivity index (χ0v) is 13.9. The van der Waals surface area contributed by atoms with Crippen LogP contribution in [0.1, 0.15) is 28.8 Å². The van der Waals surface area contributed by atoms with Crippen LogP contribution in [-0.4, -0.2) is 29.7 Å². The van der Waals surface area contributed by atoms with Gasteiger partial charge in [0, 0.05) is 5.56 Å². The summed E-state index contributed by atoms with van der Waals surface area (Å²) in [6, 6.07) is 9.45. The van der Waals surface area contributed by atoms with E-state index in [9.17, 15) is 15.0 Å². The lowest BCUT2D eigenvalue weighted by molar-refractivity contribution is 0.104. The fourth-order valence-electron chi connectivity index (χ4n) is 2.35. The van der Waals surface area contributed by atoms with Crippen molar-refractivity contribution in [1.82, 2.24) is 0 Å². The standard InChI is InChI=1S/C20H20O5/c1-24-19-9-5-13(10-20(19)25-12-14-2-3-14)4-7-16(21)15-6-8-17(22)18(23)11-15/h4-11,14,22-23H,2-3,12H2,1H3/b7-4+. The highest BCUT2D eigenvalue weighted by atomic mass is 16.5. The molecule has 1 aliphatic rings. The number of carbonyl (C=O) groups excluding carboxylic acids is 1. The third-order valence-corrected chi connectivity index (χ3v) is 4.05. The molecule has 0 saturated heterocycles. The summed E-state index contributed by atoms with van der Waals surface area (Å²) in [4.78, 5) is 12.2. The van der Waals surface area contributed by atoms with Crippen molar-refractivity contribution in [2.45, 2.75) is 12.8 Å². The van der Waals surface area contributed by atoms with Crippen LogP contribution >= 0.6 is 0 Å². The van der Waals surface area contributed by atoms with Crippen LogP contribution in [-0.2, 0) is 0 Å².